The van der Waals surface area contributed by atoms with E-state index in [0.29, 0.717) is 11.3 Å². The molecule has 0 atom stereocenters. The van der Waals surface area contributed by atoms with Crippen LogP contribution in [0.2, 0.25) is 0 Å². The fourth-order valence-corrected chi connectivity index (χ4v) is 2.54. The predicted molar refractivity (Wildman–Crippen MR) is 97.0 cm³/mol. The number of ether oxygens (including phenoxy) is 1. The van der Waals surface area contributed by atoms with Crippen LogP contribution in [0, 0.1) is 0 Å². The Morgan fingerprint density at radius 2 is 1.77 bits per heavy atom. The lowest BCUT2D eigenvalue weighted by atomic mass is 10.0. The summed E-state index contributed by atoms with van der Waals surface area (Å²) >= 11 is 0. The highest BCUT2D eigenvalue weighted by Crippen LogP contribution is 2.35. The molecule has 3 rings (SSSR count). The number of hydrazone groups is 1. The Labute approximate surface area is 148 Å². The molecule has 132 valence electrons. The molecule has 0 unspecified atom stereocenters. The average molecular weight is 352 g/mol. The number of benzene rings is 3. The highest BCUT2D eigenvalue weighted by molar-refractivity contribution is 6.03. The van der Waals surface area contributed by atoms with Crippen molar-refractivity contribution < 1.29 is 24.9 Å². The third kappa shape index (κ3) is 3.23. The summed E-state index contributed by atoms with van der Waals surface area (Å²) in [5.41, 5.74) is 2.95. The summed E-state index contributed by atoms with van der Waals surface area (Å²) in [5, 5.41) is 34.1. The van der Waals surface area contributed by atoms with Crippen LogP contribution in [0.25, 0.3) is 10.8 Å². The van der Waals surface area contributed by atoms with E-state index in [1.165, 1.54) is 6.21 Å². The van der Waals surface area contributed by atoms with Crippen LogP contribution in [0.1, 0.15) is 15.9 Å². The number of hydrogen-bond acceptors (Lipinski definition) is 6. The molecule has 4 N–H and O–H groups in total. The van der Waals surface area contributed by atoms with E-state index in [0.717, 1.165) is 22.9 Å². The van der Waals surface area contributed by atoms with Crippen LogP contribution >= 0.6 is 0 Å². The number of phenols is 3. The number of nitrogens with zero attached hydrogens (tertiary/aromatic N) is 1. The first-order valence-corrected chi connectivity index (χ1v) is 7.65. The molecule has 7 nitrogen and oxygen atoms in total. The minimum absolute atomic E-state index is 0.0557. The van der Waals surface area contributed by atoms with Gasteiger partial charge in [0.15, 0.2) is 17.2 Å². The van der Waals surface area contributed by atoms with E-state index in [-0.39, 0.29) is 5.56 Å². The van der Waals surface area contributed by atoms with Crippen molar-refractivity contribution in [1.82, 2.24) is 5.43 Å². The second kappa shape index (κ2) is 7.02. The van der Waals surface area contributed by atoms with Crippen molar-refractivity contribution in [3.05, 3.63) is 59.7 Å². The Bertz CT molecular complexity index is 991. The molecule has 0 aliphatic heterocycles. The third-order valence-corrected chi connectivity index (χ3v) is 3.84. The van der Waals surface area contributed by atoms with E-state index in [1.54, 1.807) is 7.11 Å². The maximum absolute atomic E-state index is 12.1. The number of rotatable bonds is 4. The molecule has 0 bridgehead atoms. The Morgan fingerprint density at radius 1 is 1.08 bits per heavy atom. The quantitative estimate of drug-likeness (QED) is 0.328. The smallest absolute Gasteiger partial charge is 0.271 e. The van der Waals surface area contributed by atoms with Gasteiger partial charge in [-0.1, -0.05) is 30.3 Å². The maximum Gasteiger partial charge on any atom is 0.271 e. The van der Waals surface area contributed by atoms with E-state index < -0.39 is 23.2 Å². The molecule has 0 saturated carbocycles. The lowest BCUT2D eigenvalue weighted by Gasteiger charge is -2.08. The van der Waals surface area contributed by atoms with Gasteiger partial charge in [0, 0.05) is 11.1 Å². The number of hydrogen-bond donors (Lipinski definition) is 4. The first-order chi connectivity index (χ1) is 12.5. The monoisotopic (exact) mass is 352 g/mol. The van der Waals surface area contributed by atoms with Crippen molar-refractivity contribution in [2.45, 2.75) is 0 Å². The van der Waals surface area contributed by atoms with Crippen LogP contribution in [0.5, 0.6) is 23.0 Å². The fraction of sp³-hybridized carbons (Fsp3) is 0.0526. The number of amides is 1. The lowest BCUT2D eigenvalue weighted by Crippen LogP contribution is -2.17. The van der Waals surface area contributed by atoms with Gasteiger partial charge in [-0.25, -0.2) is 5.43 Å². The molecule has 26 heavy (non-hydrogen) atoms. The lowest BCUT2D eigenvalue weighted by molar-refractivity contribution is 0.0954. The van der Waals surface area contributed by atoms with E-state index in [2.05, 4.69) is 10.5 Å². The molecule has 0 radical (unpaired) electrons. The van der Waals surface area contributed by atoms with Crippen LogP contribution in [-0.2, 0) is 0 Å². The zero-order chi connectivity index (χ0) is 18.7. The number of nitrogens with one attached hydrogen (secondary N) is 1. The fourth-order valence-electron chi connectivity index (χ4n) is 2.54. The van der Waals surface area contributed by atoms with Crippen LogP contribution in [0.4, 0.5) is 0 Å². The maximum atomic E-state index is 12.1. The van der Waals surface area contributed by atoms with Crippen molar-refractivity contribution in [2.24, 2.45) is 5.10 Å². The molecule has 0 fully saturated rings. The van der Waals surface area contributed by atoms with Gasteiger partial charge in [-0.2, -0.15) is 5.10 Å². The molecule has 3 aromatic rings. The Morgan fingerprint density at radius 3 is 2.46 bits per heavy atom. The second-order valence-electron chi connectivity index (χ2n) is 5.46. The summed E-state index contributed by atoms with van der Waals surface area (Å²) in [5.74, 6) is -1.96. The van der Waals surface area contributed by atoms with Gasteiger partial charge in [0.25, 0.3) is 5.91 Å². The van der Waals surface area contributed by atoms with Gasteiger partial charge in [0.1, 0.15) is 5.75 Å². The largest absolute Gasteiger partial charge is 0.504 e. The predicted octanol–water partition coefficient (Wildman–Crippen LogP) is 2.73. The van der Waals surface area contributed by atoms with Crippen molar-refractivity contribution in [3.63, 3.8) is 0 Å². The minimum atomic E-state index is -0.689. The topological polar surface area (TPSA) is 111 Å². The average Bonchev–Trinajstić information content (AvgIpc) is 2.65. The number of carbonyl (C=O) groups excluding carboxylic acids is 1. The van der Waals surface area contributed by atoms with Crippen molar-refractivity contribution in [1.29, 1.82) is 0 Å². The summed E-state index contributed by atoms with van der Waals surface area (Å²) in [4.78, 5) is 12.1. The number of fused-ring (bicyclic) bond motifs is 1. The van der Waals surface area contributed by atoms with Gasteiger partial charge in [-0.05, 0) is 29.0 Å². The van der Waals surface area contributed by atoms with Crippen LogP contribution in [0.15, 0.2) is 53.6 Å². The third-order valence-electron chi connectivity index (χ3n) is 3.84. The molecule has 0 heterocycles. The molecular formula is C19H16N2O5. The summed E-state index contributed by atoms with van der Waals surface area (Å²) in [6, 6.07) is 13.5. The van der Waals surface area contributed by atoms with Gasteiger partial charge < -0.3 is 20.1 Å². The highest BCUT2D eigenvalue weighted by Gasteiger charge is 2.13. The summed E-state index contributed by atoms with van der Waals surface area (Å²) in [7, 11) is 1.54. The summed E-state index contributed by atoms with van der Waals surface area (Å²) in [6.45, 7) is 0. The van der Waals surface area contributed by atoms with Crippen molar-refractivity contribution >= 4 is 22.9 Å². The zero-order valence-electron chi connectivity index (χ0n) is 13.8. The number of carbonyl (C=O) groups is 1. The molecule has 0 spiro atoms. The van der Waals surface area contributed by atoms with Crippen molar-refractivity contribution in [3.8, 4) is 23.0 Å². The SMILES string of the molecule is COc1ccc2ccccc2c1/C=N/NC(=O)c1cc(O)c(O)c(O)c1. The molecular weight excluding hydrogens is 336 g/mol. The molecule has 0 saturated heterocycles. The van der Waals surface area contributed by atoms with E-state index in [1.807, 2.05) is 36.4 Å². The van der Waals surface area contributed by atoms with Gasteiger partial charge in [0.2, 0.25) is 0 Å². The Kier molecular flexibility index (Phi) is 4.62. The molecule has 0 aliphatic carbocycles. The van der Waals surface area contributed by atoms with Gasteiger partial charge >= 0.3 is 0 Å². The van der Waals surface area contributed by atoms with E-state index >= 15 is 0 Å². The summed E-state index contributed by atoms with van der Waals surface area (Å²) in [6.07, 6.45) is 1.46. The second-order valence-corrected chi connectivity index (χ2v) is 5.46. The Hall–Kier alpha value is -3.74. The van der Waals surface area contributed by atoms with Gasteiger partial charge in [0.05, 0.1) is 13.3 Å². The van der Waals surface area contributed by atoms with E-state index in [9.17, 15) is 20.1 Å². The molecule has 0 aliphatic rings. The normalized spacial score (nSPS) is 11.0. The van der Waals surface area contributed by atoms with Gasteiger partial charge in [-0.3, -0.25) is 4.79 Å². The standard InChI is InChI=1S/C19H16N2O5/c1-26-17-7-6-11-4-2-3-5-13(11)14(17)10-20-21-19(25)12-8-15(22)18(24)16(23)9-12/h2-10,22-24H,1H3,(H,21,25)/b20-10+. The highest BCUT2D eigenvalue weighted by atomic mass is 16.5. The van der Waals surface area contributed by atoms with E-state index in [4.69, 9.17) is 4.74 Å². The van der Waals surface area contributed by atoms with Crippen molar-refractivity contribution in [2.75, 3.05) is 7.11 Å². The zero-order valence-corrected chi connectivity index (χ0v) is 13.8. The van der Waals surface area contributed by atoms with Crippen LogP contribution in [-0.4, -0.2) is 34.6 Å². The first-order valence-electron chi connectivity index (χ1n) is 7.65. The number of methoxy groups -OCH3 is 1. The molecule has 1 amide bonds. The Balaban J connectivity index is 1.87. The van der Waals surface area contributed by atoms with Crippen LogP contribution < -0.4 is 10.2 Å². The first kappa shape index (κ1) is 17.1. The number of aromatic hydroxyl groups is 3. The summed E-state index contributed by atoms with van der Waals surface area (Å²) < 4.78 is 5.34. The minimum Gasteiger partial charge on any atom is -0.504 e. The van der Waals surface area contributed by atoms with Gasteiger partial charge in [-0.15, -0.1) is 0 Å². The molecule has 0 aromatic heterocycles. The molecule has 3 aromatic carbocycles. The van der Waals surface area contributed by atoms with Crippen LogP contribution in [0.3, 0.4) is 0 Å². The molecule has 7 heteroatoms. The number of phenolic OH excluding ortho intramolecular Hbond substituents is 3.